The van der Waals surface area contributed by atoms with Gasteiger partial charge in [-0.2, -0.15) is 26.3 Å². The topological polar surface area (TPSA) is 56.8 Å². The first-order chi connectivity index (χ1) is 14.4. The Morgan fingerprint density at radius 1 is 0.871 bits per heavy atom. The molecule has 31 heavy (non-hydrogen) atoms. The summed E-state index contributed by atoms with van der Waals surface area (Å²) in [6.07, 6.45) is -9.87. The van der Waals surface area contributed by atoms with Gasteiger partial charge in [0.1, 0.15) is 5.75 Å². The van der Waals surface area contributed by atoms with Gasteiger partial charge in [0, 0.05) is 5.69 Å². The van der Waals surface area contributed by atoms with Gasteiger partial charge in [-0.3, -0.25) is 13.6 Å². The predicted molar refractivity (Wildman–Crippen MR) is 102 cm³/mol. The van der Waals surface area contributed by atoms with E-state index in [0.29, 0.717) is 12.4 Å². The Morgan fingerprint density at radius 2 is 1.39 bits per heavy atom. The highest BCUT2D eigenvalue weighted by Crippen LogP contribution is 2.62. The summed E-state index contributed by atoms with van der Waals surface area (Å²) < 4.78 is 104. The van der Waals surface area contributed by atoms with Crippen LogP contribution < -0.4 is 10.1 Å². The first-order valence-corrected chi connectivity index (χ1v) is 10.6. The molecule has 5 nitrogen and oxygen atoms in total. The van der Waals surface area contributed by atoms with Crippen LogP contribution in [0, 0.1) is 0 Å². The Labute approximate surface area is 174 Å². The van der Waals surface area contributed by atoms with E-state index in [-0.39, 0.29) is 11.3 Å². The zero-order chi connectivity index (χ0) is 23.1. The highest BCUT2D eigenvalue weighted by Gasteiger charge is 2.44. The van der Waals surface area contributed by atoms with Crippen LogP contribution in [0.1, 0.15) is 18.3 Å². The van der Waals surface area contributed by atoms with Crippen molar-refractivity contribution >= 4 is 13.3 Å². The monoisotopic (exact) mass is 471 g/mol. The summed E-state index contributed by atoms with van der Waals surface area (Å²) in [6.45, 7) is -1.93. The quantitative estimate of drug-likeness (QED) is 0.315. The van der Waals surface area contributed by atoms with Gasteiger partial charge < -0.3 is 10.1 Å². The molecule has 0 fully saturated rings. The lowest BCUT2D eigenvalue weighted by atomic mass is 10.2. The molecule has 172 valence electrons. The largest absolute Gasteiger partial charge is 0.494 e. The van der Waals surface area contributed by atoms with Crippen LogP contribution in [0.25, 0.3) is 0 Å². The Bertz CT molecular complexity index is 836. The van der Waals surface area contributed by atoms with E-state index in [1.54, 1.807) is 13.0 Å². The number of hydrogen-bond acceptors (Lipinski definition) is 5. The van der Waals surface area contributed by atoms with Gasteiger partial charge in [-0.15, -0.1) is 0 Å². The van der Waals surface area contributed by atoms with Crippen molar-refractivity contribution in [1.29, 1.82) is 0 Å². The second kappa shape index (κ2) is 10.4. The van der Waals surface area contributed by atoms with Crippen molar-refractivity contribution in [1.82, 2.24) is 0 Å². The van der Waals surface area contributed by atoms with E-state index >= 15 is 0 Å². The lowest BCUT2D eigenvalue weighted by Crippen LogP contribution is -2.24. The van der Waals surface area contributed by atoms with E-state index in [1.807, 2.05) is 0 Å². The normalized spacial score (nSPS) is 13.6. The Kier molecular flexibility index (Phi) is 8.39. The van der Waals surface area contributed by atoms with Crippen LogP contribution in [0.4, 0.5) is 32.0 Å². The highest BCUT2D eigenvalue weighted by atomic mass is 31.2. The fourth-order valence-electron chi connectivity index (χ4n) is 2.46. The number of ether oxygens (including phenoxy) is 1. The Balaban J connectivity index is 2.41. The summed E-state index contributed by atoms with van der Waals surface area (Å²) in [6, 6.07) is 13.3. The highest BCUT2D eigenvalue weighted by molar-refractivity contribution is 7.54. The van der Waals surface area contributed by atoms with Gasteiger partial charge in [0.15, 0.2) is 19.0 Å². The van der Waals surface area contributed by atoms with Crippen molar-refractivity contribution in [3.8, 4) is 5.75 Å². The summed E-state index contributed by atoms with van der Waals surface area (Å²) in [5.41, 5.74) is 0.368. The second-order valence-electron chi connectivity index (χ2n) is 6.23. The number of halogens is 6. The molecule has 2 aromatic carbocycles. The van der Waals surface area contributed by atoms with Crippen LogP contribution in [0.3, 0.4) is 0 Å². The fourth-order valence-corrected chi connectivity index (χ4v) is 4.33. The molecule has 0 radical (unpaired) electrons. The molecule has 0 aliphatic carbocycles. The van der Waals surface area contributed by atoms with Crippen molar-refractivity contribution in [3.05, 3.63) is 60.2 Å². The van der Waals surface area contributed by atoms with Crippen molar-refractivity contribution in [3.63, 3.8) is 0 Å². The Hall–Kier alpha value is -2.23. The summed E-state index contributed by atoms with van der Waals surface area (Å²) in [7, 11) is -5.02. The molecule has 2 rings (SSSR count). The molecule has 1 N–H and O–H groups in total. The van der Waals surface area contributed by atoms with E-state index in [2.05, 4.69) is 14.4 Å². The maximum Gasteiger partial charge on any atom is 0.412 e. The molecule has 1 unspecified atom stereocenters. The van der Waals surface area contributed by atoms with Gasteiger partial charge in [-0.25, -0.2) is 0 Å². The first-order valence-electron chi connectivity index (χ1n) is 8.98. The number of alkyl halides is 6. The minimum atomic E-state index is -5.02. The number of rotatable bonds is 10. The van der Waals surface area contributed by atoms with E-state index in [4.69, 9.17) is 4.74 Å². The summed E-state index contributed by atoms with van der Waals surface area (Å²) in [4.78, 5) is 0. The van der Waals surface area contributed by atoms with Crippen LogP contribution in [0.15, 0.2) is 54.6 Å². The van der Waals surface area contributed by atoms with Gasteiger partial charge in [0.25, 0.3) is 0 Å². The Morgan fingerprint density at radius 3 is 1.84 bits per heavy atom. The predicted octanol–water partition coefficient (Wildman–Crippen LogP) is 6.55. The third-order valence-electron chi connectivity index (χ3n) is 3.72. The summed E-state index contributed by atoms with van der Waals surface area (Å²) in [5.74, 6) is -1.15. The zero-order valence-corrected chi connectivity index (χ0v) is 17.1. The van der Waals surface area contributed by atoms with Crippen LogP contribution >= 0.6 is 7.60 Å². The molecule has 0 aliphatic heterocycles. The van der Waals surface area contributed by atoms with Crippen molar-refractivity contribution < 1.29 is 44.7 Å². The summed E-state index contributed by atoms with van der Waals surface area (Å²) in [5, 5.41) is 2.67. The van der Waals surface area contributed by atoms with Gasteiger partial charge >= 0.3 is 19.9 Å². The molecule has 0 aromatic heterocycles. The minimum Gasteiger partial charge on any atom is -0.494 e. The molecule has 0 bridgehead atoms. The minimum absolute atomic E-state index is 0.115. The van der Waals surface area contributed by atoms with E-state index in [1.165, 1.54) is 48.5 Å². The first kappa shape index (κ1) is 25.0. The fraction of sp³-hybridized carbons (Fsp3) is 0.368. The van der Waals surface area contributed by atoms with Gasteiger partial charge in [-0.1, -0.05) is 30.3 Å². The lowest BCUT2D eigenvalue weighted by molar-refractivity contribution is -0.165. The molecular weight excluding hydrogens is 451 g/mol. The summed E-state index contributed by atoms with van der Waals surface area (Å²) >= 11 is 0. The smallest absolute Gasteiger partial charge is 0.412 e. The number of benzene rings is 2. The number of anilines is 1. The number of hydrogen-bond donors (Lipinski definition) is 1. The maximum absolute atomic E-state index is 13.2. The zero-order valence-electron chi connectivity index (χ0n) is 16.2. The average molecular weight is 471 g/mol. The van der Waals surface area contributed by atoms with Gasteiger partial charge in [-0.05, 0) is 36.8 Å². The number of nitrogens with one attached hydrogen (secondary N) is 1. The lowest BCUT2D eigenvalue weighted by Gasteiger charge is -2.29. The SMILES string of the molecule is CCOc1ccc(NC(c2ccccc2)P(=O)(OCC(F)(F)F)OCC(F)(F)F)cc1. The van der Waals surface area contributed by atoms with Gasteiger partial charge in [0.2, 0.25) is 0 Å². The van der Waals surface area contributed by atoms with Crippen LogP contribution in [0.5, 0.6) is 5.75 Å². The molecule has 12 heteroatoms. The molecule has 2 aromatic rings. The molecule has 1 atom stereocenters. The standard InChI is InChI=1S/C19H20F6NO4P/c1-2-28-16-10-8-15(9-11-16)26-17(14-6-4-3-5-7-14)31(27,29-12-18(20,21)22)30-13-19(23,24)25/h3-11,17,26H,2,12-13H2,1H3. The molecular formula is C19H20F6NO4P. The van der Waals surface area contributed by atoms with Gasteiger partial charge in [0.05, 0.1) is 6.61 Å². The second-order valence-corrected chi connectivity index (χ2v) is 8.34. The maximum atomic E-state index is 13.2. The molecule has 0 amide bonds. The molecule has 0 aliphatic rings. The van der Waals surface area contributed by atoms with Crippen LogP contribution in [-0.4, -0.2) is 32.2 Å². The van der Waals surface area contributed by atoms with Crippen molar-refractivity contribution in [2.45, 2.75) is 25.1 Å². The van der Waals surface area contributed by atoms with Crippen molar-refractivity contribution in [2.24, 2.45) is 0 Å². The van der Waals surface area contributed by atoms with E-state index in [9.17, 15) is 30.9 Å². The third-order valence-corrected chi connectivity index (χ3v) is 5.75. The van der Waals surface area contributed by atoms with Crippen LogP contribution in [-0.2, 0) is 13.6 Å². The average Bonchev–Trinajstić information content (AvgIpc) is 2.70. The molecule has 0 spiro atoms. The molecule has 0 heterocycles. The van der Waals surface area contributed by atoms with Crippen LogP contribution in [0.2, 0.25) is 0 Å². The third kappa shape index (κ3) is 8.43. The molecule has 0 saturated heterocycles. The van der Waals surface area contributed by atoms with E-state index < -0.39 is 38.9 Å². The van der Waals surface area contributed by atoms with Crippen molar-refractivity contribution in [2.75, 3.05) is 25.1 Å². The molecule has 0 saturated carbocycles. The van der Waals surface area contributed by atoms with E-state index in [0.717, 1.165) is 0 Å².